The van der Waals surface area contributed by atoms with E-state index in [4.69, 9.17) is 9.47 Å². The van der Waals surface area contributed by atoms with E-state index >= 15 is 0 Å². The number of methoxy groups -OCH3 is 1. The summed E-state index contributed by atoms with van der Waals surface area (Å²) in [5.41, 5.74) is -0.357. The van der Waals surface area contributed by atoms with Gasteiger partial charge in [-0.3, -0.25) is 9.59 Å². The fourth-order valence-electron chi connectivity index (χ4n) is 5.11. The van der Waals surface area contributed by atoms with E-state index in [1.165, 1.54) is 0 Å². The van der Waals surface area contributed by atoms with Crippen LogP contribution in [0.4, 0.5) is 0 Å². The number of nitrogens with one attached hydrogen (secondary N) is 3. The lowest BCUT2D eigenvalue weighted by atomic mass is 9.89. The number of ether oxygens (including phenoxy) is 2. The smallest absolute Gasteiger partial charge is 0.237 e. The van der Waals surface area contributed by atoms with Crippen LogP contribution in [0.3, 0.4) is 0 Å². The highest BCUT2D eigenvalue weighted by molar-refractivity contribution is 5.94. The number of aliphatic hydroxyl groups excluding tert-OH is 1. The molecule has 1 amide bonds. The Hall–Kier alpha value is -3.11. The van der Waals surface area contributed by atoms with Gasteiger partial charge in [-0.15, -0.1) is 0 Å². The van der Waals surface area contributed by atoms with Crippen molar-refractivity contribution in [2.75, 3.05) is 26.9 Å². The van der Waals surface area contributed by atoms with E-state index < -0.39 is 23.2 Å². The molecule has 9 heteroatoms. The Morgan fingerprint density at radius 1 is 1.18 bits per heavy atom. The Morgan fingerprint density at radius 2 is 1.90 bits per heavy atom. The molecule has 2 saturated heterocycles. The molecule has 2 fully saturated rings. The predicted molar refractivity (Wildman–Crippen MR) is 147 cm³/mol. The van der Waals surface area contributed by atoms with Crippen LogP contribution in [0.1, 0.15) is 37.3 Å². The zero-order chi connectivity index (χ0) is 27.9. The molecule has 0 bridgehead atoms. The van der Waals surface area contributed by atoms with E-state index in [1.54, 1.807) is 14.0 Å². The number of aldehydes is 1. The quantitative estimate of drug-likeness (QED) is 0.210. The van der Waals surface area contributed by atoms with Crippen molar-refractivity contribution in [3.8, 4) is 5.75 Å². The van der Waals surface area contributed by atoms with Gasteiger partial charge in [-0.2, -0.15) is 0 Å². The molecule has 0 aromatic heterocycles. The minimum absolute atomic E-state index is 0.0454. The molecule has 2 aromatic rings. The van der Waals surface area contributed by atoms with Crippen LogP contribution in [0.15, 0.2) is 54.6 Å². The first-order chi connectivity index (χ1) is 18.8. The number of ketones is 1. The van der Waals surface area contributed by atoms with Gasteiger partial charge in [0.15, 0.2) is 5.78 Å². The average Bonchev–Trinajstić information content (AvgIpc) is 3.73. The van der Waals surface area contributed by atoms with Gasteiger partial charge < -0.3 is 35.3 Å². The molecule has 4 rings (SSSR count). The van der Waals surface area contributed by atoms with Crippen molar-refractivity contribution in [1.82, 2.24) is 16.0 Å². The minimum Gasteiger partial charge on any atom is -0.497 e. The molecule has 0 radical (unpaired) electrons. The molecule has 0 spiro atoms. The maximum absolute atomic E-state index is 13.4. The summed E-state index contributed by atoms with van der Waals surface area (Å²) in [5, 5.41) is 19.1. The molecule has 9 nitrogen and oxygen atoms in total. The van der Waals surface area contributed by atoms with Gasteiger partial charge in [-0.1, -0.05) is 42.5 Å². The third kappa shape index (κ3) is 7.51. The van der Waals surface area contributed by atoms with Crippen molar-refractivity contribution < 1.29 is 29.0 Å². The molecular weight excluding hydrogens is 498 g/mol. The van der Waals surface area contributed by atoms with Crippen molar-refractivity contribution in [3.05, 3.63) is 65.7 Å². The number of rotatable bonds is 14. The lowest BCUT2D eigenvalue weighted by Gasteiger charge is -2.35. The van der Waals surface area contributed by atoms with Crippen LogP contribution >= 0.6 is 0 Å². The molecule has 2 aromatic carbocycles. The number of carbonyl (C=O) groups excluding carboxylic acids is 3. The van der Waals surface area contributed by atoms with Crippen molar-refractivity contribution in [2.45, 2.75) is 68.3 Å². The SMILES string of the molecule is COc1ccc(C[C@](C=O)(CN[C@@H](Cc2ccccc2)C(=O)[C@@]2(C)CO2)NC(=O)[C@@H]2CCCC(CO)N2)cc1. The van der Waals surface area contributed by atoms with Gasteiger partial charge in [0.2, 0.25) is 5.91 Å². The zero-order valence-electron chi connectivity index (χ0n) is 22.7. The number of Topliss-reactive ketones (excluding diaryl/α,β-unsaturated/α-hetero) is 1. The Morgan fingerprint density at radius 3 is 2.51 bits per heavy atom. The standard InChI is InChI=1S/C30H39N3O6/c1-29(20-39-29)27(36)26(15-21-7-4-3-5-8-21)31-18-30(19-35,16-22-11-13-24(38-2)14-12-22)33-28(37)25-10-6-9-23(17-34)32-25/h3-5,7-8,11-14,19,23,25-26,31-32,34H,6,9-10,15-18,20H2,1-2H3,(H,33,37)/t23?,25-,26-,29+,30+/m0/s1. The largest absolute Gasteiger partial charge is 0.497 e. The summed E-state index contributed by atoms with van der Waals surface area (Å²) < 4.78 is 10.7. The van der Waals surface area contributed by atoms with Gasteiger partial charge in [-0.05, 0) is 55.9 Å². The lowest BCUT2D eigenvalue weighted by molar-refractivity contribution is -0.129. The van der Waals surface area contributed by atoms with E-state index in [0.717, 1.165) is 30.3 Å². The molecule has 0 saturated carbocycles. The minimum atomic E-state index is -1.32. The summed E-state index contributed by atoms with van der Waals surface area (Å²) in [4.78, 5) is 39.6. The summed E-state index contributed by atoms with van der Waals surface area (Å²) in [6.07, 6.45) is 3.59. The molecule has 2 heterocycles. The Bertz CT molecular complexity index is 1120. The van der Waals surface area contributed by atoms with Crippen molar-refractivity contribution in [1.29, 1.82) is 0 Å². The second-order valence-electron chi connectivity index (χ2n) is 10.8. The lowest BCUT2D eigenvalue weighted by Crippen LogP contribution is -2.64. The molecule has 39 heavy (non-hydrogen) atoms. The molecule has 2 aliphatic rings. The van der Waals surface area contributed by atoms with Gasteiger partial charge in [0.05, 0.1) is 32.4 Å². The van der Waals surface area contributed by atoms with Crippen LogP contribution in [-0.4, -0.2) is 79.2 Å². The number of amides is 1. The van der Waals surface area contributed by atoms with E-state index in [9.17, 15) is 19.5 Å². The van der Waals surface area contributed by atoms with Crippen LogP contribution in [0.2, 0.25) is 0 Å². The second-order valence-corrected chi connectivity index (χ2v) is 10.8. The summed E-state index contributed by atoms with van der Waals surface area (Å²) in [6, 6.07) is 15.7. The first-order valence-electron chi connectivity index (χ1n) is 13.5. The maximum Gasteiger partial charge on any atom is 0.237 e. The fourth-order valence-corrected chi connectivity index (χ4v) is 5.11. The molecule has 0 aliphatic carbocycles. The molecular formula is C30H39N3O6. The van der Waals surface area contributed by atoms with Crippen molar-refractivity contribution in [2.24, 2.45) is 0 Å². The topological polar surface area (TPSA) is 129 Å². The van der Waals surface area contributed by atoms with Crippen LogP contribution in [0.25, 0.3) is 0 Å². The highest BCUT2D eigenvalue weighted by atomic mass is 16.6. The van der Waals surface area contributed by atoms with Gasteiger partial charge in [0, 0.05) is 19.0 Å². The number of epoxide rings is 1. The average molecular weight is 538 g/mol. The van der Waals surface area contributed by atoms with Gasteiger partial charge in [-0.25, -0.2) is 0 Å². The third-order valence-electron chi connectivity index (χ3n) is 7.66. The number of hydrogen-bond donors (Lipinski definition) is 4. The Balaban J connectivity index is 1.57. The molecule has 210 valence electrons. The van der Waals surface area contributed by atoms with Crippen LogP contribution < -0.4 is 20.7 Å². The maximum atomic E-state index is 13.4. The first-order valence-corrected chi connectivity index (χ1v) is 13.5. The van der Waals surface area contributed by atoms with Gasteiger partial charge in [0.1, 0.15) is 23.2 Å². The van der Waals surface area contributed by atoms with Gasteiger partial charge in [0.25, 0.3) is 0 Å². The van der Waals surface area contributed by atoms with Crippen molar-refractivity contribution in [3.63, 3.8) is 0 Å². The molecule has 1 unspecified atom stereocenters. The molecule has 5 atom stereocenters. The number of benzene rings is 2. The Labute approximate surface area is 229 Å². The fraction of sp³-hybridized carbons (Fsp3) is 0.500. The second kappa shape index (κ2) is 12.8. The highest BCUT2D eigenvalue weighted by Gasteiger charge is 2.50. The molecule has 2 aliphatic heterocycles. The first kappa shape index (κ1) is 28.9. The number of piperidine rings is 1. The predicted octanol–water partition coefficient (Wildman–Crippen LogP) is 1.35. The monoisotopic (exact) mass is 537 g/mol. The highest BCUT2D eigenvalue weighted by Crippen LogP contribution is 2.29. The summed E-state index contributed by atoms with van der Waals surface area (Å²) in [6.45, 7) is 2.12. The Kier molecular flexibility index (Phi) is 9.50. The third-order valence-corrected chi connectivity index (χ3v) is 7.66. The molecule has 4 N–H and O–H groups in total. The summed E-state index contributed by atoms with van der Waals surface area (Å²) in [5.74, 6) is 0.297. The normalized spacial score (nSPS) is 24.7. The van der Waals surface area contributed by atoms with Gasteiger partial charge >= 0.3 is 0 Å². The zero-order valence-corrected chi connectivity index (χ0v) is 22.7. The number of hydrogen-bond acceptors (Lipinski definition) is 8. The van der Waals surface area contributed by atoms with E-state index in [-0.39, 0.29) is 37.3 Å². The van der Waals surface area contributed by atoms with Crippen LogP contribution in [-0.2, 0) is 32.0 Å². The summed E-state index contributed by atoms with van der Waals surface area (Å²) in [7, 11) is 1.58. The number of aliphatic hydroxyl groups is 1. The van der Waals surface area contributed by atoms with Crippen LogP contribution in [0, 0.1) is 0 Å². The van der Waals surface area contributed by atoms with E-state index in [1.807, 2.05) is 54.6 Å². The van der Waals surface area contributed by atoms with E-state index in [0.29, 0.717) is 25.2 Å². The van der Waals surface area contributed by atoms with Crippen molar-refractivity contribution >= 4 is 18.0 Å². The summed E-state index contributed by atoms with van der Waals surface area (Å²) >= 11 is 0. The van der Waals surface area contributed by atoms with E-state index in [2.05, 4.69) is 16.0 Å². The van der Waals surface area contributed by atoms with Crippen LogP contribution in [0.5, 0.6) is 5.75 Å². The number of carbonyl (C=O) groups is 3.